The molecule has 1 aromatic heterocycles. The number of ether oxygens (including phenoxy) is 3. The largest absolute Gasteiger partial charge is 0.497 e. The van der Waals surface area contributed by atoms with E-state index in [4.69, 9.17) is 14.2 Å². The molecule has 7 nitrogen and oxygen atoms in total. The minimum atomic E-state index is -0.990. The molecule has 2 aliphatic rings. The molecule has 1 aliphatic heterocycles. The second kappa shape index (κ2) is 11.8. The van der Waals surface area contributed by atoms with E-state index in [0.29, 0.717) is 29.7 Å². The van der Waals surface area contributed by atoms with E-state index in [1.807, 2.05) is 48.7 Å². The van der Waals surface area contributed by atoms with Gasteiger partial charge >= 0.3 is 11.9 Å². The van der Waals surface area contributed by atoms with Gasteiger partial charge in [0.2, 0.25) is 0 Å². The third-order valence-corrected chi connectivity index (χ3v) is 7.80. The van der Waals surface area contributed by atoms with Crippen LogP contribution in [0.3, 0.4) is 0 Å². The Balaban J connectivity index is 1.91. The lowest BCUT2D eigenvalue weighted by molar-refractivity contribution is -0.152. The van der Waals surface area contributed by atoms with Crippen molar-refractivity contribution in [2.75, 3.05) is 20.3 Å². The molecule has 1 aliphatic carbocycles. The Hall–Kier alpha value is -3.39. The van der Waals surface area contributed by atoms with Crippen LogP contribution in [-0.4, -0.2) is 38.0 Å². The zero-order chi connectivity index (χ0) is 26.5. The summed E-state index contributed by atoms with van der Waals surface area (Å²) in [4.78, 5) is 41.8. The van der Waals surface area contributed by atoms with E-state index in [9.17, 15) is 14.4 Å². The molecule has 0 bridgehead atoms. The molecule has 37 heavy (non-hydrogen) atoms. The molecule has 8 heteroatoms. The standard InChI is InChI=1S/C29H33NO6S/c1-5-9-20-26(29(33)36-7-3)23(17-11-13-18(34-4)14-12-17)25-21(30-20)16-19(22-10-8-15-37-22)24(27(25)31)28(32)35-6-2/h8,10-15,19,23-24,30H,5-7,9,16H2,1-4H3/t19-,23+,24+/m0/s1. The average Bonchev–Trinajstić information content (AvgIpc) is 3.43. The number of hydrogen-bond acceptors (Lipinski definition) is 8. The quantitative estimate of drug-likeness (QED) is 0.355. The fraction of sp³-hybridized carbons (Fsp3) is 0.414. The Labute approximate surface area is 221 Å². The first-order valence-electron chi connectivity index (χ1n) is 12.7. The van der Waals surface area contributed by atoms with Crippen molar-refractivity contribution in [2.45, 2.75) is 51.9 Å². The maximum absolute atomic E-state index is 14.3. The highest BCUT2D eigenvalue weighted by Gasteiger charge is 2.49. The van der Waals surface area contributed by atoms with Crippen molar-refractivity contribution < 1.29 is 28.6 Å². The molecule has 0 spiro atoms. The first kappa shape index (κ1) is 26.7. The average molecular weight is 524 g/mol. The van der Waals surface area contributed by atoms with Gasteiger partial charge in [-0.05, 0) is 55.8 Å². The van der Waals surface area contributed by atoms with Crippen molar-refractivity contribution >= 4 is 29.1 Å². The molecule has 3 atom stereocenters. The van der Waals surface area contributed by atoms with Crippen LogP contribution in [0.1, 0.15) is 62.3 Å². The Morgan fingerprint density at radius 3 is 2.38 bits per heavy atom. The summed E-state index contributed by atoms with van der Waals surface area (Å²) in [6, 6.07) is 11.2. The van der Waals surface area contributed by atoms with E-state index in [0.717, 1.165) is 28.3 Å². The van der Waals surface area contributed by atoms with Crippen molar-refractivity contribution in [3.63, 3.8) is 0 Å². The highest BCUT2D eigenvalue weighted by atomic mass is 32.1. The second-order valence-corrected chi connectivity index (χ2v) is 9.99. The Bertz CT molecular complexity index is 1210. The third-order valence-electron chi connectivity index (χ3n) is 6.80. The van der Waals surface area contributed by atoms with Crippen LogP contribution < -0.4 is 10.1 Å². The van der Waals surface area contributed by atoms with Gasteiger partial charge in [-0.15, -0.1) is 11.3 Å². The third kappa shape index (κ3) is 5.21. The van der Waals surface area contributed by atoms with Crippen molar-refractivity contribution in [3.8, 4) is 5.75 Å². The van der Waals surface area contributed by atoms with Crippen molar-refractivity contribution in [2.24, 2.45) is 5.92 Å². The van der Waals surface area contributed by atoms with Crippen LogP contribution in [0.25, 0.3) is 0 Å². The molecule has 196 valence electrons. The molecule has 0 saturated heterocycles. The van der Waals surface area contributed by atoms with E-state index < -0.39 is 23.8 Å². The number of hydrogen-bond donors (Lipinski definition) is 1. The van der Waals surface area contributed by atoms with Gasteiger partial charge in [0.25, 0.3) is 0 Å². The number of benzene rings is 1. The Kier molecular flexibility index (Phi) is 8.48. The number of methoxy groups -OCH3 is 1. The van der Waals surface area contributed by atoms with Crippen LogP contribution >= 0.6 is 11.3 Å². The Morgan fingerprint density at radius 1 is 1.05 bits per heavy atom. The smallest absolute Gasteiger partial charge is 0.336 e. The molecular formula is C29H33NO6S. The van der Waals surface area contributed by atoms with Crippen LogP contribution in [0.2, 0.25) is 0 Å². The van der Waals surface area contributed by atoms with Crippen molar-refractivity contribution in [1.29, 1.82) is 0 Å². The van der Waals surface area contributed by atoms with Crippen LogP contribution in [0, 0.1) is 5.92 Å². The van der Waals surface area contributed by atoms with Gasteiger partial charge < -0.3 is 19.5 Å². The van der Waals surface area contributed by atoms with Crippen LogP contribution in [0.5, 0.6) is 5.75 Å². The van der Waals surface area contributed by atoms with Gasteiger partial charge in [-0.1, -0.05) is 31.5 Å². The number of nitrogens with one attached hydrogen (secondary N) is 1. The summed E-state index contributed by atoms with van der Waals surface area (Å²) in [6.45, 7) is 5.93. The highest BCUT2D eigenvalue weighted by Crippen LogP contribution is 2.49. The molecular weight excluding hydrogens is 490 g/mol. The number of dihydropyridines is 1. The van der Waals surface area contributed by atoms with E-state index in [1.54, 1.807) is 21.0 Å². The zero-order valence-electron chi connectivity index (χ0n) is 21.7. The normalized spacial score (nSPS) is 21.3. The van der Waals surface area contributed by atoms with Crippen LogP contribution in [0.4, 0.5) is 0 Å². The fourth-order valence-electron chi connectivity index (χ4n) is 5.25. The monoisotopic (exact) mass is 523 g/mol. The highest BCUT2D eigenvalue weighted by molar-refractivity contribution is 7.10. The van der Waals surface area contributed by atoms with Gasteiger partial charge in [0.05, 0.1) is 25.9 Å². The number of esters is 2. The van der Waals surface area contributed by atoms with Gasteiger partial charge in [0.15, 0.2) is 5.78 Å². The predicted octanol–water partition coefficient (Wildman–Crippen LogP) is 5.25. The molecule has 0 saturated carbocycles. The van der Waals surface area contributed by atoms with E-state index in [2.05, 4.69) is 5.32 Å². The van der Waals surface area contributed by atoms with Crippen molar-refractivity contribution in [1.82, 2.24) is 5.32 Å². The summed E-state index contributed by atoms with van der Waals surface area (Å²) in [5, 5.41) is 5.39. The SMILES string of the molecule is CCCC1=C(C(=O)OCC)[C@H](c2ccc(OC)cc2)C2=C(C[C@@H](c3cccs3)[C@@H](C(=O)OCC)C2=O)N1. The number of ketones is 1. The number of allylic oxidation sites excluding steroid dienone is 3. The molecule has 0 fully saturated rings. The first-order valence-corrected chi connectivity index (χ1v) is 13.6. The van der Waals surface area contributed by atoms with E-state index >= 15 is 0 Å². The number of carbonyl (C=O) groups is 3. The topological polar surface area (TPSA) is 90.9 Å². The summed E-state index contributed by atoms with van der Waals surface area (Å²) >= 11 is 1.52. The van der Waals surface area contributed by atoms with Gasteiger partial charge in [0, 0.05) is 33.7 Å². The first-order chi connectivity index (χ1) is 17.9. The molecule has 1 N–H and O–H groups in total. The lowest BCUT2D eigenvalue weighted by Gasteiger charge is -2.39. The minimum absolute atomic E-state index is 0.181. The zero-order valence-corrected chi connectivity index (χ0v) is 22.5. The maximum atomic E-state index is 14.3. The predicted molar refractivity (Wildman–Crippen MR) is 141 cm³/mol. The molecule has 0 amide bonds. The maximum Gasteiger partial charge on any atom is 0.336 e. The molecule has 1 aromatic carbocycles. The van der Waals surface area contributed by atoms with Crippen LogP contribution in [-0.2, 0) is 23.9 Å². The molecule has 2 aromatic rings. The van der Waals surface area contributed by atoms with Gasteiger partial charge in [-0.25, -0.2) is 4.79 Å². The number of Topliss-reactive ketones (excluding diaryl/α,β-unsaturated/α-hetero) is 1. The minimum Gasteiger partial charge on any atom is -0.497 e. The summed E-state index contributed by atoms with van der Waals surface area (Å²) in [5.41, 5.74) is 3.11. The number of thiophene rings is 1. The molecule has 2 heterocycles. The lowest BCUT2D eigenvalue weighted by Crippen LogP contribution is -2.43. The lowest BCUT2D eigenvalue weighted by atomic mass is 9.68. The van der Waals surface area contributed by atoms with Crippen molar-refractivity contribution in [3.05, 3.63) is 74.8 Å². The van der Waals surface area contributed by atoms with E-state index in [1.165, 1.54) is 11.3 Å². The van der Waals surface area contributed by atoms with Gasteiger partial charge in [0.1, 0.15) is 11.7 Å². The summed E-state index contributed by atoms with van der Waals surface area (Å²) in [7, 11) is 1.59. The summed E-state index contributed by atoms with van der Waals surface area (Å²) in [6.07, 6.45) is 1.88. The summed E-state index contributed by atoms with van der Waals surface area (Å²) < 4.78 is 16.2. The summed E-state index contributed by atoms with van der Waals surface area (Å²) in [5.74, 6) is -2.66. The number of carbonyl (C=O) groups excluding carboxylic acids is 3. The fourth-order valence-corrected chi connectivity index (χ4v) is 6.11. The number of rotatable bonds is 9. The molecule has 0 radical (unpaired) electrons. The van der Waals surface area contributed by atoms with E-state index in [-0.39, 0.29) is 24.9 Å². The van der Waals surface area contributed by atoms with Gasteiger partial charge in [-0.3, -0.25) is 9.59 Å². The second-order valence-electron chi connectivity index (χ2n) is 9.01. The molecule has 4 rings (SSSR count). The van der Waals surface area contributed by atoms with Gasteiger partial charge in [-0.2, -0.15) is 0 Å². The van der Waals surface area contributed by atoms with Crippen LogP contribution in [0.15, 0.2) is 64.3 Å². The molecule has 0 unspecified atom stereocenters. The Morgan fingerprint density at radius 2 is 1.78 bits per heavy atom.